The Balaban J connectivity index is 0.000000209. The van der Waals surface area contributed by atoms with Gasteiger partial charge in [0, 0.05) is 146 Å². The van der Waals surface area contributed by atoms with Crippen LogP contribution in [-0.4, -0.2) is 171 Å². The number of rotatable bonds is 38. The predicted molar refractivity (Wildman–Crippen MR) is 526 cm³/mol. The van der Waals surface area contributed by atoms with Crippen LogP contribution in [0.15, 0.2) is 214 Å². The van der Waals surface area contributed by atoms with Gasteiger partial charge in [-0.2, -0.15) is 0 Å². The first kappa shape index (κ1) is 102. The number of alkyl halides is 4. The highest BCUT2D eigenvalue weighted by atomic mass is 35.5. The Morgan fingerprint density at radius 3 is 0.890 bits per heavy atom. The van der Waals surface area contributed by atoms with Crippen LogP contribution in [0.3, 0.4) is 0 Å². The van der Waals surface area contributed by atoms with E-state index >= 15 is 0 Å². The molecule has 0 aliphatic rings. The molecule has 0 radical (unpaired) electrons. The molecule has 0 spiro atoms. The van der Waals surface area contributed by atoms with Crippen LogP contribution in [0.2, 0.25) is 0 Å². The molecule has 0 saturated heterocycles. The van der Waals surface area contributed by atoms with Crippen molar-refractivity contribution in [2.24, 2.45) is 0 Å². The molecule has 8 aromatic carbocycles. The molecular weight excluding hydrogens is 1680 g/mol. The third-order valence-corrected chi connectivity index (χ3v) is 23.0. The normalized spacial score (nSPS) is 11.5. The molecule has 12 rings (SSSR count). The SMILES string of the molecule is C.CCCN(CCCl)CCc1cccc(-c2ccc3c(=O)c(C(=O)O)cn(C(C)C)c3c2)c1.CCCN(CCCl)CCc1cccc(-c2ccc3c(c2)c(=O)c(C(=O)O)cn3C(C)C)c1.CCCN(CCCl)Cc1ccc(-c2ccc3c(c2)c(=O)c(C(=O)O)cn3C(C)C)cc1.CCCN(CCCl)Cc1cccc(-c2ccc3c(c2)c(=O)c(C(=O)O)cn3C(C)C)c1. The number of benzene rings is 8. The van der Waals surface area contributed by atoms with Crippen LogP contribution in [0, 0.1) is 0 Å². The van der Waals surface area contributed by atoms with Crippen molar-refractivity contribution < 1.29 is 39.6 Å². The van der Waals surface area contributed by atoms with Gasteiger partial charge in [0.15, 0.2) is 0 Å². The highest BCUT2D eigenvalue weighted by Crippen LogP contribution is 2.32. The Labute approximate surface area is 766 Å². The van der Waals surface area contributed by atoms with Crippen molar-refractivity contribution in [3.63, 3.8) is 0 Å². The second-order valence-corrected chi connectivity index (χ2v) is 34.4. The average molecular weight is 1810 g/mol. The van der Waals surface area contributed by atoms with Gasteiger partial charge in [0.2, 0.25) is 21.7 Å². The third kappa shape index (κ3) is 26.8. The van der Waals surface area contributed by atoms with E-state index in [4.69, 9.17) is 46.4 Å². The number of hydrogen-bond acceptors (Lipinski definition) is 12. The standard InChI is InChI=1S/2C26H31ClN2O3.2C25H29ClN2O3.CH4/c1-4-12-28(14-11-27)13-10-19-6-5-7-20(15-19)21-8-9-24-22(16-21)25(30)23(26(31)32)17-29(24)18(2)3;1-4-12-28(14-11-27)13-10-19-6-5-7-20(15-19)21-8-9-22-24(16-21)29(18(2)3)17-23(25(22)30)26(31)32;1-4-12-27(13-11-26)15-18-5-7-19(8-6-18)20-9-10-23-21(14-20)24(29)22(25(30)31)16-28(23)17(2)3;1-4-11-27(12-10-26)15-18-6-5-7-19(13-18)20-8-9-23-21(14-20)24(29)22(25(30)31)16-28(23)17(2)3;/h2*5-9,15-18H,4,10-14H2,1-3H3,(H,31,32);5-10,14,16-17H,4,11-13,15H2,1-3H3,(H,30,31);5-9,13-14,16-17H,4,10-12,15H2,1-3H3,(H,30,31);1H4. The number of carboxylic acids is 4. The van der Waals surface area contributed by atoms with Crippen LogP contribution in [0.5, 0.6) is 0 Å². The Morgan fingerprint density at radius 1 is 0.291 bits per heavy atom. The summed E-state index contributed by atoms with van der Waals surface area (Å²) in [4.78, 5) is 107. The van der Waals surface area contributed by atoms with Crippen LogP contribution in [-0.2, 0) is 25.9 Å². The number of aromatic carboxylic acids is 4. The minimum Gasteiger partial charge on any atom is -0.477 e. The van der Waals surface area contributed by atoms with Gasteiger partial charge in [-0.1, -0.05) is 150 Å². The summed E-state index contributed by atoms with van der Waals surface area (Å²) in [7, 11) is 0. The maximum Gasteiger partial charge on any atom is 0.341 e. The first-order valence-electron chi connectivity index (χ1n) is 43.6. The smallest absolute Gasteiger partial charge is 0.341 e. The van der Waals surface area contributed by atoms with E-state index in [1.807, 2.05) is 171 Å². The van der Waals surface area contributed by atoms with Gasteiger partial charge in [-0.05, 0) is 241 Å². The molecule has 0 unspecified atom stereocenters. The summed E-state index contributed by atoms with van der Waals surface area (Å²) in [5.74, 6) is -2.34. The Bertz CT molecular complexity index is 5990. The van der Waals surface area contributed by atoms with Crippen molar-refractivity contribution in [2.75, 3.05) is 89.0 Å². The summed E-state index contributed by atoms with van der Waals surface area (Å²) in [5, 5.41) is 39.6. The van der Waals surface area contributed by atoms with Gasteiger partial charge in [-0.3, -0.25) is 29.0 Å². The molecule has 24 heteroatoms. The maximum atomic E-state index is 12.9. The third-order valence-electron chi connectivity index (χ3n) is 22.4. The van der Waals surface area contributed by atoms with Crippen molar-refractivity contribution in [1.82, 2.24) is 37.9 Å². The van der Waals surface area contributed by atoms with E-state index in [0.29, 0.717) is 45.1 Å². The fraction of sp³-hybridized carbons (Fsp3) is 0.379. The zero-order valence-corrected chi connectivity index (χ0v) is 77.5. The quantitative estimate of drug-likeness (QED) is 0.0263. The van der Waals surface area contributed by atoms with Crippen molar-refractivity contribution >= 4 is 114 Å². The van der Waals surface area contributed by atoms with E-state index in [2.05, 4.69) is 108 Å². The topological polar surface area (TPSA) is 250 Å². The number of halogens is 4. The molecule has 4 aromatic heterocycles. The molecule has 12 aromatic rings. The van der Waals surface area contributed by atoms with Crippen LogP contribution in [0.1, 0.15) is 204 Å². The Hall–Kier alpha value is -10.5. The van der Waals surface area contributed by atoms with Gasteiger partial charge in [0.05, 0.1) is 22.1 Å². The summed E-state index contributed by atoms with van der Waals surface area (Å²) >= 11 is 23.7. The summed E-state index contributed by atoms with van der Waals surface area (Å²) < 4.78 is 7.39. The number of fused-ring (bicyclic) bond motifs is 4. The van der Waals surface area contributed by atoms with Gasteiger partial charge < -0.3 is 48.5 Å². The molecule has 676 valence electrons. The zero-order valence-electron chi connectivity index (χ0n) is 74.5. The van der Waals surface area contributed by atoms with Crippen LogP contribution in [0.4, 0.5) is 0 Å². The summed E-state index contributed by atoms with van der Waals surface area (Å²) in [6, 6.07) is 56.1. The molecule has 4 heterocycles. The molecule has 0 aliphatic carbocycles. The first-order valence-corrected chi connectivity index (χ1v) is 45.7. The summed E-state index contributed by atoms with van der Waals surface area (Å²) in [6.45, 7) is 35.5. The molecule has 4 N–H and O–H groups in total. The number of carbonyl (C=O) groups is 4. The van der Waals surface area contributed by atoms with E-state index in [-0.39, 0.29) is 53.8 Å². The molecule has 20 nitrogen and oxygen atoms in total. The van der Waals surface area contributed by atoms with Gasteiger partial charge in [0.25, 0.3) is 0 Å². The number of pyridine rings is 4. The molecule has 0 bridgehead atoms. The molecule has 0 aliphatic heterocycles. The minimum absolute atomic E-state index is 0. The van der Waals surface area contributed by atoms with Crippen molar-refractivity contribution in [1.29, 1.82) is 0 Å². The first-order chi connectivity index (χ1) is 60.4. The molecule has 0 atom stereocenters. The van der Waals surface area contributed by atoms with Gasteiger partial charge in [-0.15, -0.1) is 46.4 Å². The largest absolute Gasteiger partial charge is 0.477 e. The number of aromatic nitrogens is 4. The van der Waals surface area contributed by atoms with Gasteiger partial charge in [-0.25, -0.2) is 19.2 Å². The lowest BCUT2D eigenvalue weighted by molar-refractivity contribution is 0.0684. The summed E-state index contributed by atoms with van der Waals surface area (Å²) in [6.07, 6.45) is 12.0. The lowest BCUT2D eigenvalue weighted by Gasteiger charge is -2.21. The number of carboxylic acid groups (broad SMARTS) is 4. The average Bonchev–Trinajstić information content (AvgIpc) is 0.779. The van der Waals surface area contributed by atoms with Gasteiger partial charge >= 0.3 is 23.9 Å². The van der Waals surface area contributed by atoms with E-state index in [1.54, 1.807) is 12.1 Å². The van der Waals surface area contributed by atoms with Gasteiger partial charge in [0.1, 0.15) is 22.3 Å². The molecule has 0 amide bonds. The Morgan fingerprint density at radius 2 is 0.559 bits per heavy atom. The fourth-order valence-corrected chi connectivity index (χ4v) is 16.9. The Kier molecular flexibility index (Phi) is 39.4. The lowest BCUT2D eigenvalue weighted by atomic mass is 9.99. The fourth-order valence-electron chi connectivity index (χ4n) is 16.0. The molecular formula is C103H124Cl4N8O12. The molecule has 0 fully saturated rings. The van der Waals surface area contributed by atoms with E-state index < -0.39 is 45.6 Å². The monoisotopic (exact) mass is 1800 g/mol. The summed E-state index contributed by atoms with van der Waals surface area (Å²) in [5.41, 5.74) is 13.0. The van der Waals surface area contributed by atoms with Crippen LogP contribution >= 0.6 is 46.4 Å². The lowest BCUT2D eigenvalue weighted by Crippen LogP contribution is -2.28. The second kappa shape index (κ2) is 49.1. The maximum absolute atomic E-state index is 12.9. The van der Waals surface area contributed by atoms with E-state index in [1.165, 1.54) is 47.0 Å². The zero-order chi connectivity index (χ0) is 91.6. The van der Waals surface area contributed by atoms with Crippen molar-refractivity contribution in [3.05, 3.63) is 280 Å². The van der Waals surface area contributed by atoms with Crippen molar-refractivity contribution in [3.8, 4) is 44.5 Å². The number of hydrogen-bond donors (Lipinski definition) is 4. The second-order valence-electron chi connectivity index (χ2n) is 32.9. The molecule has 127 heavy (non-hydrogen) atoms. The highest BCUT2D eigenvalue weighted by molar-refractivity contribution is 6.18. The van der Waals surface area contributed by atoms with E-state index in [0.717, 1.165) is 184 Å². The van der Waals surface area contributed by atoms with Crippen LogP contribution < -0.4 is 21.7 Å². The highest BCUT2D eigenvalue weighted by Gasteiger charge is 2.23. The van der Waals surface area contributed by atoms with Crippen LogP contribution in [0.25, 0.3) is 88.1 Å². The van der Waals surface area contributed by atoms with Crippen molar-refractivity contribution in [2.45, 2.75) is 166 Å². The van der Waals surface area contributed by atoms with E-state index in [9.17, 15) is 58.8 Å². The predicted octanol–water partition coefficient (Wildman–Crippen LogP) is 22.3. The minimum atomic E-state index is -1.20. The molecule has 0 saturated carbocycles. The number of nitrogens with zero attached hydrogens (tertiary/aromatic N) is 8.